The highest BCUT2D eigenvalue weighted by Gasteiger charge is 2.26. The maximum Gasteiger partial charge on any atom is 0.315 e. The van der Waals surface area contributed by atoms with Crippen LogP contribution < -0.4 is 21.1 Å². The standard InChI is InChI=1S/C21H25N3O3/c1-14-10-18(11-14)24-21(26)23-12-15-2-4-16(5-3-15)17-6-8-19(9-7-17)27-13-20(22)25/h2-9,14,18H,10-13H2,1H3,(H2,22,25)(H2,23,24,26). The highest BCUT2D eigenvalue weighted by molar-refractivity contribution is 5.75. The van der Waals surface area contributed by atoms with Crippen LogP contribution in [0.2, 0.25) is 0 Å². The number of nitrogens with two attached hydrogens (primary N) is 1. The fourth-order valence-electron chi connectivity index (χ4n) is 3.15. The highest BCUT2D eigenvalue weighted by atomic mass is 16.5. The first-order valence-electron chi connectivity index (χ1n) is 9.14. The molecule has 1 aliphatic carbocycles. The van der Waals surface area contributed by atoms with Gasteiger partial charge < -0.3 is 21.1 Å². The van der Waals surface area contributed by atoms with Gasteiger partial charge in [-0.2, -0.15) is 0 Å². The summed E-state index contributed by atoms with van der Waals surface area (Å²) in [5.74, 6) is 0.816. The number of hydrogen-bond acceptors (Lipinski definition) is 3. The Balaban J connectivity index is 1.49. The first kappa shape index (κ1) is 18.8. The number of nitrogens with one attached hydrogen (secondary N) is 2. The maximum absolute atomic E-state index is 11.9. The van der Waals surface area contributed by atoms with Crippen molar-refractivity contribution in [3.8, 4) is 16.9 Å². The van der Waals surface area contributed by atoms with Gasteiger partial charge in [0.2, 0.25) is 0 Å². The van der Waals surface area contributed by atoms with E-state index in [-0.39, 0.29) is 12.6 Å². The summed E-state index contributed by atoms with van der Waals surface area (Å²) in [4.78, 5) is 22.6. The van der Waals surface area contributed by atoms with E-state index in [0.29, 0.717) is 24.3 Å². The zero-order chi connectivity index (χ0) is 19.2. The third-order valence-corrected chi connectivity index (χ3v) is 4.68. The first-order chi connectivity index (χ1) is 13.0. The Labute approximate surface area is 159 Å². The second-order valence-electron chi connectivity index (χ2n) is 7.08. The van der Waals surface area contributed by atoms with E-state index in [2.05, 4.69) is 17.6 Å². The summed E-state index contributed by atoms with van der Waals surface area (Å²) in [5.41, 5.74) is 8.21. The monoisotopic (exact) mass is 367 g/mol. The van der Waals surface area contributed by atoms with Crippen molar-refractivity contribution in [2.75, 3.05) is 6.61 Å². The van der Waals surface area contributed by atoms with Crippen LogP contribution in [-0.2, 0) is 11.3 Å². The second kappa shape index (κ2) is 8.58. The molecule has 6 heteroatoms. The van der Waals surface area contributed by atoms with Crippen LogP contribution in [0.4, 0.5) is 4.79 Å². The molecule has 0 spiro atoms. The van der Waals surface area contributed by atoms with Crippen molar-refractivity contribution in [2.24, 2.45) is 11.7 Å². The average Bonchev–Trinajstić information content (AvgIpc) is 2.64. The Kier molecular flexibility index (Phi) is 5.96. The summed E-state index contributed by atoms with van der Waals surface area (Å²) in [6.07, 6.45) is 2.13. The average molecular weight is 367 g/mol. The maximum atomic E-state index is 11.9. The van der Waals surface area contributed by atoms with E-state index in [0.717, 1.165) is 29.5 Å². The summed E-state index contributed by atoms with van der Waals surface area (Å²) >= 11 is 0. The molecular formula is C21H25N3O3. The lowest BCUT2D eigenvalue weighted by Crippen LogP contribution is -2.47. The van der Waals surface area contributed by atoms with Crippen molar-refractivity contribution in [2.45, 2.75) is 32.4 Å². The lowest BCUT2D eigenvalue weighted by Gasteiger charge is -2.33. The van der Waals surface area contributed by atoms with Crippen LogP contribution in [0.5, 0.6) is 5.75 Å². The fraction of sp³-hybridized carbons (Fsp3) is 0.333. The Morgan fingerprint density at radius 3 is 2.19 bits per heavy atom. The zero-order valence-electron chi connectivity index (χ0n) is 15.4. The molecule has 0 radical (unpaired) electrons. The number of carbonyl (C=O) groups is 2. The van der Waals surface area contributed by atoms with Crippen LogP contribution in [0.15, 0.2) is 48.5 Å². The number of carbonyl (C=O) groups excluding carboxylic acids is 2. The van der Waals surface area contributed by atoms with Gasteiger partial charge in [-0.25, -0.2) is 4.79 Å². The van der Waals surface area contributed by atoms with E-state index in [1.54, 1.807) is 12.1 Å². The molecule has 3 amide bonds. The molecule has 0 saturated heterocycles. The zero-order valence-corrected chi connectivity index (χ0v) is 15.4. The number of hydrogen-bond donors (Lipinski definition) is 3. The number of rotatable bonds is 7. The molecule has 0 heterocycles. The third-order valence-electron chi connectivity index (χ3n) is 4.68. The van der Waals surface area contributed by atoms with Crippen molar-refractivity contribution < 1.29 is 14.3 Å². The molecule has 3 rings (SSSR count). The Morgan fingerprint density at radius 1 is 1.04 bits per heavy atom. The molecular weight excluding hydrogens is 342 g/mol. The predicted molar refractivity (Wildman–Crippen MR) is 104 cm³/mol. The normalized spacial score (nSPS) is 18.3. The van der Waals surface area contributed by atoms with E-state index in [1.165, 1.54) is 0 Å². The molecule has 6 nitrogen and oxygen atoms in total. The minimum Gasteiger partial charge on any atom is -0.484 e. The third kappa shape index (κ3) is 5.48. The molecule has 4 N–H and O–H groups in total. The van der Waals surface area contributed by atoms with Crippen molar-refractivity contribution in [3.63, 3.8) is 0 Å². The fourth-order valence-corrected chi connectivity index (χ4v) is 3.15. The molecule has 2 aromatic carbocycles. The quantitative estimate of drug-likeness (QED) is 0.702. The van der Waals surface area contributed by atoms with Gasteiger partial charge in [-0.3, -0.25) is 4.79 Å². The summed E-state index contributed by atoms with van der Waals surface area (Å²) in [7, 11) is 0. The molecule has 27 heavy (non-hydrogen) atoms. The number of benzene rings is 2. The van der Waals surface area contributed by atoms with Gasteiger partial charge in [0, 0.05) is 12.6 Å². The minimum absolute atomic E-state index is 0.109. The summed E-state index contributed by atoms with van der Waals surface area (Å²) in [5, 5.41) is 5.88. The van der Waals surface area contributed by atoms with Gasteiger partial charge in [-0.1, -0.05) is 43.3 Å². The van der Waals surface area contributed by atoms with Gasteiger partial charge >= 0.3 is 6.03 Å². The SMILES string of the molecule is CC1CC(NC(=O)NCc2ccc(-c3ccc(OCC(N)=O)cc3)cc2)C1. The van der Waals surface area contributed by atoms with Gasteiger partial charge in [0.05, 0.1) is 0 Å². The van der Waals surface area contributed by atoms with Gasteiger partial charge in [0.1, 0.15) is 5.75 Å². The van der Waals surface area contributed by atoms with Gasteiger partial charge in [-0.15, -0.1) is 0 Å². The van der Waals surface area contributed by atoms with Crippen LogP contribution in [0.3, 0.4) is 0 Å². The summed E-state index contributed by atoms with van der Waals surface area (Å²) in [6.45, 7) is 2.56. The van der Waals surface area contributed by atoms with Crippen molar-refractivity contribution >= 4 is 11.9 Å². The molecule has 0 aliphatic heterocycles. The van der Waals surface area contributed by atoms with Crippen LogP contribution in [0.1, 0.15) is 25.3 Å². The van der Waals surface area contributed by atoms with Crippen molar-refractivity contribution in [3.05, 3.63) is 54.1 Å². The van der Waals surface area contributed by atoms with E-state index < -0.39 is 5.91 Å². The van der Waals surface area contributed by atoms with Gasteiger partial charge in [0.25, 0.3) is 5.91 Å². The molecule has 142 valence electrons. The van der Waals surface area contributed by atoms with Gasteiger partial charge in [0.15, 0.2) is 6.61 Å². The van der Waals surface area contributed by atoms with Crippen LogP contribution >= 0.6 is 0 Å². The number of primary amides is 1. The number of amides is 3. The Bertz CT molecular complexity index is 781. The van der Waals surface area contributed by atoms with Crippen molar-refractivity contribution in [1.82, 2.24) is 10.6 Å². The smallest absolute Gasteiger partial charge is 0.315 e. The van der Waals surface area contributed by atoms with Crippen molar-refractivity contribution in [1.29, 1.82) is 0 Å². The molecule has 0 aromatic heterocycles. The Morgan fingerprint density at radius 2 is 1.63 bits per heavy atom. The van der Waals surface area contributed by atoms with Crippen LogP contribution in [0, 0.1) is 5.92 Å². The summed E-state index contributed by atoms with van der Waals surface area (Å²) in [6, 6.07) is 15.7. The molecule has 2 aromatic rings. The molecule has 0 bridgehead atoms. The highest BCUT2D eigenvalue weighted by Crippen LogP contribution is 2.26. The number of ether oxygens (including phenoxy) is 1. The first-order valence-corrected chi connectivity index (χ1v) is 9.14. The van der Waals surface area contributed by atoms with Crippen LogP contribution in [-0.4, -0.2) is 24.6 Å². The topological polar surface area (TPSA) is 93.4 Å². The minimum atomic E-state index is -0.501. The molecule has 1 aliphatic rings. The van der Waals surface area contributed by atoms with E-state index in [4.69, 9.17) is 10.5 Å². The molecule has 0 atom stereocenters. The predicted octanol–water partition coefficient (Wildman–Crippen LogP) is 2.82. The van der Waals surface area contributed by atoms with E-state index in [1.807, 2.05) is 36.4 Å². The molecule has 1 saturated carbocycles. The number of urea groups is 1. The summed E-state index contributed by atoms with van der Waals surface area (Å²) < 4.78 is 5.26. The molecule has 0 unspecified atom stereocenters. The lowest BCUT2D eigenvalue weighted by atomic mass is 9.82. The Hall–Kier alpha value is -3.02. The largest absolute Gasteiger partial charge is 0.484 e. The van der Waals surface area contributed by atoms with E-state index in [9.17, 15) is 9.59 Å². The van der Waals surface area contributed by atoms with Gasteiger partial charge in [-0.05, 0) is 47.6 Å². The second-order valence-corrected chi connectivity index (χ2v) is 7.08. The van der Waals surface area contributed by atoms with Crippen LogP contribution in [0.25, 0.3) is 11.1 Å². The molecule has 1 fully saturated rings. The lowest BCUT2D eigenvalue weighted by molar-refractivity contribution is -0.119. The van der Waals surface area contributed by atoms with E-state index >= 15 is 0 Å².